The van der Waals surface area contributed by atoms with Crippen LogP contribution in [0.15, 0.2) is 18.2 Å². The van der Waals surface area contributed by atoms with Crippen molar-refractivity contribution in [1.82, 2.24) is 4.90 Å². The molecule has 0 bridgehead atoms. The Morgan fingerprint density at radius 1 is 1.08 bits per heavy atom. The van der Waals surface area contributed by atoms with E-state index in [0.29, 0.717) is 36.9 Å². The Hall–Kier alpha value is -1.83. The lowest BCUT2D eigenvalue weighted by Gasteiger charge is -2.26. The molecule has 1 aliphatic heterocycles. The molecule has 146 valence electrons. The van der Waals surface area contributed by atoms with E-state index in [0.717, 1.165) is 45.7 Å². The fourth-order valence-electron chi connectivity index (χ4n) is 2.64. The van der Waals surface area contributed by atoms with Crippen molar-refractivity contribution in [1.29, 1.82) is 0 Å². The van der Waals surface area contributed by atoms with E-state index in [1.54, 1.807) is 25.3 Å². The highest BCUT2D eigenvalue weighted by Crippen LogP contribution is 2.26. The molecule has 0 N–H and O–H groups in total. The highest BCUT2D eigenvalue weighted by atomic mass is 16.5. The minimum Gasteiger partial charge on any atom is -0.493 e. The summed E-state index contributed by atoms with van der Waals surface area (Å²) >= 11 is 0. The molecule has 0 atom stereocenters. The second-order valence-corrected chi connectivity index (χ2v) is 6.00. The van der Waals surface area contributed by atoms with E-state index < -0.39 is 5.97 Å². The summed E-state index contributed by atoms with van der Waals surface area (Å²) in [7, 11) is 3.03. The molecule has 1 aliphatic rings. The Morgan fingerprint density at radius 3 is 2.58 bits per heavy atom. The van der Waals surface area contributed by atoms with Gasteiger partial charge in [0.2, 0.25) is 0 Å². The average Bonchev–Trinajstić information content (AvgIpc) is 2.68. The number of morpholine rings is 1. The zero-order chi connectivity index (χ0) is 18.6. The van der Waals surface area contributed by atoms with Gasteiger partial charge in [-0.1, -0.05) is 0 Å². The number of hydrogen-bond acceptors (Lipinski definition) is 7. The molecule has 1 fully saturated rings. The first-order valence-electron chi connectivity index (χ1n) is 9.01. The quantitative estimate of drug-likeness (QED) is 0.438. The standard InChI is InChI=1S/C19H29NO6/c1-22-10-3-4-11-26-18-15-16(5-6-17(18)19(21)23-2)25-14-9-20-7-12-24-13-8-20/h5-6,15H,3-4,7-14H2,1-2H3. The third-order valence-electron chi connectivity index (χ3n) is 4.14. The van der Waals surface area contributed by atoms with Crippen LogP contribution in [0.2, 0.25) is 0 Å². The van der Waals surface area contributed by atoms with Crippen molar-refractivity contribution >= 4 is 5.97 Å². The summed E-state index contributed by atoms with van der Waals surface area (Å²) in [4.78, 5) is 14.2. The predicted molar refractivity (Wildman–Crippen MR) is 97.1 cm³/mol. The van der Waals surface area contributed by atoms with Gasteiger partial charge in [-0.2, -0.15) is 0 Å². The number of benzene rings is 1. The van der Waals surface area contributed by atoms with Crippen LogP contribution in [0.5, 0.6) is 11.5 Å². The summed E-state index contributed by atoms with van der Waals surface area (Å²) < 4.78 is 26.8. The highest BCUT2D eigenvalue weighted by Gasteiger charge is 2.15. The van der Waals surface area contributed by atoms with Gasteiger partial charge in [-0.25, -0.2) is 4.79 Å². The van der Waals surface area contributed by atoms with Crippen molar-refractivity contribution in [2.24, 2.45) is 0 Å². The van der Waals surface area contributed by atoms with Crippen molar-refractivity contribution in [2.45, 2.75) is 12.8 Å². The third-order valence-corrected chi connectivity index (χ3v) is 4.14. The van der Waals surface area contributed by atoms with Gasteiger partial charge < -0.3 is 23.7 Å². The number of carbonyl (C=O) groups excluding carboxylic acids is 1. The Bertz CT molecular complexity index is 545. The van der Waals surface area contributed by atoms with E-state index in [9.17, 15) is 4.79 Å². The monoisotopic (exact) mass is 367 g/mol. The molecule has 1 aromatic rings. The van der Waals surface area contributed by atoms with Gasteiger partial charge in [0.15, 0.2) is 0 Å². The topological polar surface area (TPSA) is 66.5 Å². The van der Waals surface area contributed by atoms with Crippen LogP contribution < -0.4 is 9.47 Å². The zero-order valence-electron chi connectivity index (χ0n) is 15.7. The first-order chi connectivity index (χ1) is 12.7. The number of unbranched alkanes of at least 4 members (excludes halogenated alkanes) is 1. The molecule has 0 spiro atoms. The summed E-state index contributed by atoms with van der Waals surface area (Å²) in [6.07, 6.45) is 1.75. The number of ether oxygens (including phenoxy) is 5. The molecule has 0 amide bonds. The maximum atomic E-state index is 11.9. The summed E-state index contributed by atoms with van der Waals surface area (Å²) in [6.45, 7) is 6.02. The van der Waals surface area contributed by atoms with Crippen molar-refractivity contribution < 1.29 is 28.5 Å². The van der Waals surface area contributed by atoms with Crippen LogP contribution in [0.3, 0.4) is 0 Å². The molecular weight excluding hydrogens is 338 g/mol. The normalized spacial score (nSPS) is 14.8. The molecule has 0 aromatic heterocycles. The lowest BCUT2D eigenvalue weighted by molar-refractivity contribution is 0.0322. The maximum Gasteiger partial charge on any atom is 0.341 e. The van der Waals surface area contributed by atoms with Crippen LogP contribution in [0.1, 0.15) is 23.2 Å². The molecule has 0 radical (unpaired) electrons. The van der Waals surface area contributed by atoms with Gasteiger partial charge in [0, 0.05) is 39.4 Å². The van der Waals surface area contributed by atoms with Crippen LogP contribution >= 0.6 is 0 Å². The Morgan fingerprint density at radius 2 is 1.85 bits per heavy atom. The molecule has 1 heterocycles. The summed E-state index contributed by atoms with van der Waals surface area (Å²) in [6, 6.07) is 5.20. The molecule has 0 saturated carbocycles. The number of esters is 1. The van der Waals surface area contributed by atoms with Gasteiger partial charge in [-0.05, 0) is 25.0 Å². The summed E-state index contributed by atoms with van der Waals surface area (Å²) in [5, 5.41) is 0. The average molecular weight is 367 g/mol. The van der Waals surface area contributed by atoms with Gasteiger partial charge in [-0.15, -0.1) is 0 Å². The van der Waals surface area contributed by atoms with E-state index in [-0.39, 0.29) is 0 Å². The SMILES string of the molecule is COCCCCOc1cc(OCCN2CCOCC2)ccc1C(=O)OC. The van der Waals surface area contributed by atoms with Crippen LogP contribution in [0.4, 0.5) is 0 Å². The van der Waals surface area contributed by atoms with Crippen molar-refractivity contribution in [3.63, 3.8) is 0 Å². The second-order valence-electron chi connectivity index (χ2n) is 6.00. The van der Waals surface area contributed by atoms with E-state index in [4.69, 9.17) is 23.7 Å². The van der Waals surface area contributed by atoms with Gasteiger partial charge in [-0.3, -0.25) is 4.90 Å². The largest absolute Gasteiger partial charge is 0.493 e. The number of hydrogen-bond donors (Lipinski definition) is 0. The molecular formula is C19H29NO6. The van der Waals surface area contributed by atoms with Gasteiger partial charge in [0.05, 0.1) is 26.9 Å². The van der Waals surface area contributed by atoms with Gasteiger partial charge >= 0.3 is 5.97 Å². The Labute approximate surface area is 155 Å². The molecule has 1 aromatic carbocycles. The fraction of sp³-hybridized carbons (Fsp3) is 0.632. The predicted octanol–water partition coefficient (Wildman–Crippen LogP) is 1.99. The van der Waals surface area contributed by atoms with E-state index in [1.165, 1.54) is 7.11 Å². The maximum absolute atomic E-state index is 11.9. The van der Waals surface area contributed by atoms with E-state index in [1.807, 2.05) is 0 Å². The third kappa shape index (κ3) is 6.82. The number of carbonyl (C=O) groups is 1. The van der Waals surface area contributed by atoms with E-state index in [2.05, 4.69) is 4.90 Å². The van der Waals surface area contributed by atoms with Crippen molar-refractivity contribution in [3.05, 3.63) is 23.8 Å². The summed E-state index contributed by atoms with van der Waals surface area (Å²) in [5.41, 5.74) is 0.403. The van der Waals surface area contributed by atoms with Crippen LogP contribution in [-0.4, -0.2) is 77.8 Å². The zero-order valence-corrected chi connectivity index (χ0v) is 15.7. The van der Waals surface area contributed by atoms with E-state index >= 15 is 0 Å². The minimum atomic E-state index is -0.420. The van der Waals surface area contributed by atoms with Crippen molar-refractivity contribution in [2.75, 3.05) is 66.9 Å². The number of rotatable bonds is 11. The lowest BCUT2D eigenvalue weighted by atomic mass is 10.2. The number of methoxy groups -OCH3 is 2. The number of nitrogens with zero attached hydrogens (tertiary/aromatic N) is 1. The molecule has 7 nitrogen and oxygen atoms in total. The smallest absolute Gasteiger partial charge is 0.341 e. The molecule has 0 unspecified atom stereocenters. The fourth-order valence-corrected chi connectivity index (χ4v) is 2.64. The van der Waals surface area contributed by atoms with Crippen LogP contribution in [0.25, 0.3) is 0 Å². The molecule has 2 rings (SSSR count). The molecule has 26 heavy (non-hydrogen) atoms. The lowest BCUT2D eigenvalue weighted by Crippen LogP contribution is -2.38. The van der Waals surface area contributed by atoms with Crippen LogP contribution in [0, 0.1) is 0 Å². The molecule has 0 aliphatic carbocycles. The summed E-state index contributed by atoms with van der Waals surface area (Å²) in [5.74, 6) is 0.743. The minimum absolute atomic E-state index is 0.403. The van der Waals surface area contributed by atoms with Gasteiger partial charge in [0.25, 0.3) is 0 Å². The highest BCUT2D eigenvalue weighted by molar-refractivity contribution is 5.92. The van der Waals surface area contributed by atoms with Gasteiger partial charge in [0.1, 0.15) is 23.7 Å². The molecule has 7 heteroatoms. The first kappa shape index (κ1) is 20.5. The Kier molecular flexibility index (Phi) is 9.23. The van der Waals surface area contributed by atoms with Crippen molar-refractivity contribution in [3.8, 4) is 11.5 Å². The molecule has 1 saturated heterocycles. The van der Waals surface area contributed by atoms with Crippen LogP contribution in [-0.2, 0) is 14.2 Å². The first-order valence-corrected chi connectivity index (χ1v) is 9.01. The Balaban J connectivity index is 1.89. The second kappa shape index (κ2) is 11.7.